The molecule has 5 heteroatoms. The van der Waals surface area contributed by atoms with E-state index in [1.54, 1.807) is 0 Å². The van der Waals surface area contributed by atoms with Crippen LogP contribution in [0.5, 0.6) is 0 Å². The van der Waals surface area contributed by atoms with Gasteiger partial charge in [-0.1, -0.05) is 35.9 Å². The van der Waals surface area contributed by atoms with Crippen molar-refractivity contribution in [3.8, 4) is 0 Å². The smallest absolute Gasteiger partial charge is 0.253 e. The molecule has 21 heavy (non-hydrogen) atoms. The zero-order valence-corrected chi connectivity index (χ0v) is 12.6. The van der Waals surface area contributed by atoms with Gasteiger partial charge in [0.25, 0.3) is 5.91 Å². The zero-order chi connectivity index (χ0) is 14.8. The van der Waals surface area contributed by atoms with E-state index in [9.17, 15) is 4.79 Å². The lowest BCUT2D eigenvalue weighted by atomic mass is 10.1. The SMILES string of the molecule is CC(NC(=O)c1cnc(Cl)c2ccccc12)C1CCCO1. The Kier molecular flexibility index (Phi) is 4.08. The third-order valence-corrected chi connectivity index (χ3v) is 4.17. The van der Waals surface area contributed by atoms with Crippen molar-refractivity contribution >= 4 is 28.3 Å². The van der Waals surface area contributed by atoms with Crippen molar-refractivity contribution in [1.29, 1.82) is 0 Å². The van der Waals surface area contributed by atoms with E-state index in [4.69, 9.17) is 16.3 Å². The number of halogens is 1. The van der Waals surface area contributed by atoms with E-state index in [2.05, 4.69) is 10.3 Å². The van der Waals surface area contributed by atoms with Crippen LogP contribution in [0.1, 0.15) is 30.1 Å². The fourth-order valence-corrected chi connectivity index (χ4v) is 2.93. The minimum Gasteiger partial charge on any atom is -0.376 e. The monoisotopic (exact) mass is 304 g/mol. The largest absolute Gasteiger partial charge is 0.376 e. The molecule has 3 rings (SSSR count). The maximum Gasteiger partial charge on any atom is 0.253 e. The summed E-state index contributed by atoms with van der Waals surface area (Å²) in [5.41, 5.74) is 0.542. The van der Waals surface area contributed by atoms with E-state index in [-0.39, 0.29) is 18.1 Å². The number of benzene rings is 1. The highest BCUT2D eigenvalue weighted by Gasteiger charge is 2.24. The molecule has 0 saturated carbocycles. The third kappa shape index (κ3) is 2.87. The summed E-state index contributed by atoms with van der Waals surface area (Å²) in [6, 6.07) is 7.50. The maximum atomic E-state index is 12.5. The van der Waals surface area contributed by atoms with E-state index in [0.29, 0.717) is 10.7 Å². The third-order valence-electron chi connectivity index (χ3n) is 3.87. The van der Waals surface area contributed by atoms with E-state index in [0.717, 1.165) is 30.2 Å². The van der Waals surface area contributed by atoms with Gasteiger partial charge in [-0.15, -0.1) is 0 Å². The van der Waals surface area contributed by atoms with Crippen LogP contribution < -0.4 is 5.32 Å². The highest BCUT2D eigenvalue weighted by atomic mass is 35.5. The van der Waals surface area contributed by atoms with Gasteiger partial charge in [0.05, 0.1) is 17.7 Å². The molecule has 2 unspecified atom stereocenters. The van der Waals surface area contributed by atoms with Crippen molar-refractivity contribution in [2.45, 2.75) is 31.9 Å². The number of rotatable bonds is 3. The first-order chi connectivity index (χ1) is 10.2. The van der Waals surface area contributed by atoms with E-state index in [1.807, 2.05) is 31.2 Å². The van der Waals surface area contributed by atoms with Gasteiger partial charge >= 0.3 is 0 Å². The average Bonchev–Trinajstić information content (AvgIpc) is 3.02. The van der Waals surface area contributed by atoms with Gasteiger partial charge in [-0.05, 0) is 25.2 Å². The Morgan fingerprint density at radius 1 is 1.43 bits per heavy atom. The summed E-state index contributed by atoms with van der Waals surface area (Å²) in [6.45, 7) is 2.75. The number of fused-ring (bicyclic) bond motifs is 1. The number of carbonyl (C=O) groups is 1. The highest BCUT2D eigenvalue weighted by Crippen LogP contribution is 2.24. The molecule has 1 aliphatic rings. The maximum absolute atomic E-state index is 12.5. The molecule has 1 fully saturated rings. The summed E-state index contributed by atoms with van der Waals surface area (Å²) in [7, 11) is 0. The number of nitrogens with zero attached hydrogens (tertiary/aromatic N) is 1. The van der Waals surface area contributed by atoms with Gasteiger partial charge in [0, 0.05) is 18.2 Å². The molecule has 1 aliphatic heterocycles. The first-order valence-electron chi connectivity index (χ1n) is 7.12. The summed E-state index contributed by atoms with van der Waals surface area (Å²) in [6.07, 6.45) is 3.67. The van der Waals surface area contributed by atoms with Crippen LogP contribution in [0.15, 0.2) is 30.5 Å². The lowest BCUT2D eigenvalue weighted by molar-refractivity contribution is 0.0713. The predicted octanol–water partition coefficient (Wildman–Crippen LogP) is 3.19. The summed E-state index contributed by atoms with van der Waals surface area (Å²) < 4.78 is 5.61. The summed E-state index contributed by atoms with van der Waals surface area (Å²) >= 11 is 6.08. The fraction of sp³-hybridized carbons (Fsp3) is 0.375. The lowest BCUT2D eigenvalue weighted by Crippen LogP contribution is -2.40. The van der Waals surface area contributed by atoms with Crippen molar-refractivity contribution in [1.82, 2.24) is 10.3 Å². The quantitative estimate of drug-likeness (QED) is 0.886. The summed E-state index contributed by atoms with van der Waals surface area (Å²) in [4.78, 5) is 16.6. The van der Waals surface area contributed by atoms with Gasteiger partial charge in [0.1, 0.15) is 5.15 Å². The van der Waals surface area contributed by atoms with Crippen molar-refractivity contribution in [3.05, 3.63) is 41.2 Å². The minimum absolute atomic E-state index is 0.0190. The number of aromatic nitrogens is 1. The normalized spacial score (nSPS) is 19.6. The van der Waals surface area contributed by atoms with Gasteiger partial charge < -0.3 is 10.1 Å². The average molecular weight is 305 g/mol. The molecule has 110 valence electrons. The molecular formula is C16H17ClN2O2. The van der Waals surface area contributed by atoms with Crippen molar-refractivity contribution in [3.63, 3.8) is 0 Å². The predicted molar refractivity (Wildman–Crippen MR) is 82.7 cm³/mol. The number of ether oxygens (including phenoxy) is 1. The molecule has 0 aliphatic carbocycles. The minimum atomic E-state index is -0.140. The standard InChI is InChI=1S/C16H17ClN2O2/c1-10(14-7-4-8-21-14)19-16(20)13-9-18-15(17)12-6-3-2-5-11(12)13/h2-3,5-6,9-10,14H,4,7-8H2,1H3,(H,19,20). The Labute approximate surface area is 128 Å². The van der Waals surface area contributed by atoms with Crippen molar-refractivity contribution < 1.29 is 9.53 Å². The highest BCUT2D eigenvalue weighted by molar-refractivity contribution is 6.34. The van der Waals surface area contributed by atoms with Gasteiger partial charge in [0.2, 0.25) is 0 Å². The van der Waals surface area contributed by atoms with Gasteiger partial charge in [0.15, 0.2) is 0 Å². The van der Waals surface area contributed by atoms with Crippen LogP contribution in [0.2, 0.25) is 5.15 Å². The van der Waals surface area contributed by atoms with Crippen LogP contribution in [-0.2, 0) is 4.74 Å². The Morgan fingerprint density at radius 2 is 2.19 bits per heavy atom. The lowest BCUT2D eigenvalue weighted by Gasteiger charge is -2.20. The van der Waals surface area contributed by atoms with Crippen molar-refractivity contribution in [2.75, 3.05) is 6.61 Å². The van der Waals surface area contributed by atoms with E-state index >= 15 is 0 Å². The van der Waals surface area contributed by atoms with Crippen LogP contribution in [0.4, 0.5) is 0 Å². The summed E-state index contributed by atoms with van der Waals surface area (Å²) in [5.74, 6) is -0.140. The van der Waals surface area contributed by atoms with Crippen LogP contribution in [0.25, 0.3) is 10.8 Å². The van der Waals surface area contributed by atoms with Gasteiger partial charge in [-0.3, -0.25) is 4.79 Å². The molecule has 1 aromatic carbocycles. The zero-order valence-electron chi connectivity index (χ0n) is 11.8. The van der Waals surface area contributed by atoms with E-state index in [1.165, 1.54) is 6.20 Å². The van der Waals surface area contributed by atoms with Gasteiger partial charge in [-0.25, -0.2) is 4.98 Å². The molecular weight excluding hydrogens is 288 g/mol. The van der Waals surface area contributed by atoms with Gasteiger partial charge in [-0.2, -0.15) is 0 Å². The van der Waals surface area contributed by atoms with E-state index < -0.39 is 0 Å². The molecule has 0 bridgehead atoms. The number of carbonyl (C=O) groups excluding carboxylic acids is 1. The van der Waals surface area contributed by atoms with Crippen LogP contribution in [-0.4, -0.2) is 29.6 Å². The molecule has 4 nitrogen and oxygen atoms in total. The molecule has 1 aromatic heterocycles. The molecule has 0 spiro atoms. The van der Waals surface area contributed by atoms with Crippen LogP contribution in [0.3, 0.4) is 0 Å². The van der Waals surface area contributed by atoms with Crippen LogP contribution in [0, 0.1) is 0 Å². The number of hydrogen-bond donors (Lipinski definition) is 1. The summed E-state index contributed by atoms with van der Waals surface area (Å²) in [5, 5.41) is 5.02. The molecule has 2 atom stereocenters. The molecule has 1 saturated heterocycles. The number of nitrogens with one attached hydrogen (secondary N) is 1. The van der Waals surface area contributed by atoms with Crippen molar-refractivity contribution in [2.24, 2.45) is 0 Å². The fourth-order valence-electron chi connectivity index (χ4n) is 2.71. The second kappa shape index (κ2) is 6.00. The first kappa shape index (κ1) is 14.3. The number of pyridine rings is 1. The molecule has 2 heterocycles. The molecule has 0 radical (unpaired) electrons. The topological polar surface area (TPSA) is 51.2 Å². The Morgan fingerprint density at radius 3 is 2.90 bits per heavy atom. The Hall–Kier alpha value is -1.65. The second-order valence-electron chi connectivity index (χ2n) is 5.32. The molecule has 1 N–H and O–H groups in total. The van der Waals surface area contributed by atoms with Crippen LogP contribution >= 0.6 is 11.6 Å². The Bertz CT molecular complexity index is 668. The molecule has 2 aromatic rings. The Balaban J connectivity index is 1.86. The number of amides is 1. The number of hydrogen-bond acceptors (Lipinski definition) is 3. The first-order valence-corrected chi connectivity index (χ1v) is 7.50. The molecule has 1 amide bonds. The second-order valence-corrected chi connectivity index (χ2v) is 5.68.